The molecule has 0 saturated carbocycles. The molecule has 3 aromatic heterocycles. The Balaban J connectivity index is 1.63. The Morgan fingerprint density at radius 2 is 1.85 bits per heavy atom. The minimum atomic E-state index is -0.304. The summed E-state index contributed by atoms with van der Waals surface area (Å²) >= 11 is 0. The van der Waals surface area contributed by atoms with Gasteiger partial charge in [-0.1, -0.05) is 48.5 Å². The lowest BCUT2D eigenvalue weighted by Gasteiger charge is -2.11. The van der Waals surface area contributed by atoms with Gasteiger partial charge in [0.05, 0.1) is 18.7 Å². The summed E-state index contributed by atoms with van der Waals surface area (Å²) in [7, 11) is 1.93. The van der Waals surface area contributed by atoms with Gasteiger partial charge in [-0.25, -0.2) is 9.97 Å². The van der Waals surface area contributed by atoms with E-state index in [-0.39, 0.29) is 24.5 Å². The minimum absolute atomic E-state index is 0.149. The number of fused-ring (bicyclic) bond motifs is 2. The third kappa shape index (κ3) is 3.81. The van der Waals surface area contributed by atoms with Gasteiger partial charge in [0.1, 0.15) is 17.8 Å². The molecule has 5 aromatic rings. The summed E-state index contributed by atoms with van der Waals surface area (Å²) in [4.78, 5) is 26.9. The summed E-state index contributed by atoms with van der Waals surface area (Å²) < 4.78 is 9.19. The van der Waals surface area contributed by atoms with Crippen molar-refractivity contribution in [3.63, 3.8) is 0 Å². The molecule has 5 rings (SSSR count). The Hall–Kier alpha value is -4.51. The van der Waals surface area contributed by atoms with Gasteiger partial charge in [-0.05, 0) is 11.6 Å². The highest BCUT2D eigenvalue weighted by molar-refractivity contribution is 5.95. The highest BCUT2D eigenvalue weighted by atomic mass is 16.5. The molecule has 0 amide bonds. The van der Waals surface area contributed by atoms with Crippen molar-refractivity contribution in [1.82, 2.24) is 24.1 Å². The fourth-order valence-corrected chi connectivity index (χ4v) is 3.89. The van der Waals surface area contributed by atoms with Gasteiger partial charge in [0, 0.05) is 36.3 Å². The summed E-state index contributed by atoms with van der Waals surface area (Å²) in [5, 5.41) is 10.1. The van der Waals surface area contributed by atoms with Crippen LogP contribution in [0.5, 0.6) is 6.01 Å². The Morgan fingerprint density at radius 3 is 2.67 bits per heavy atom. The maximum Gasteiger partial charge on any atom is 0.318 e. The standard InChI is InChI=1S/C25H20N6O2/c1-30-15-19(18-10-5-6-11-21(18)30)22-24(32)31(13-7-12-26)23-20(28-22)14-27-25(29-23)33-16-17-8-3-2-4-9-17/h2-6,8-11,14-15H,7,13,16H2,1H3. The predicted molar refractivity (Wildman–Crippen MR) is 125 cm³/mol. The van der Waals surface area contributed by atoms with E-state index in [1.54, 1.807) is 6.20 Å². The summed E-state index contributed by atoms with van der Waals surface area (Å²) in [6.07, 6.45) is 3.62. The first-order valence-electron chi connectivity index (χ1n) is 10.5. The maximum absolute atomic E-state index is 13.5. The van der Waals surface area contributed by atoms with Gasteiger partial charge in [0.15, 0.2) is 5.65 Å². The molecule has 0 aliphatic carbocycles. The molecule has 0 aliphatic rings. The predicted octanol–water partition coefficient (Wildman–Crippen LogP) is 3.84. The molecule has 2 aromatic carbocycles. The Bertz CT molecular complexity index is 1560. The van der Waals surface area contributed by atoms with Gasteiger partial charge in [-0.15, -0.1) is 0 Å². The van der Waals surface area contributed by atoms with Crippen LogP contribution in [0.4, 0.5) is 0 Å². The van der Waals surface area contributed by atoms with E-state index in [1.165, 1.54) is 4.57 Å². The third-order valence-electron chi connectivity index (χ3n) is 5.47. The van der Waals surface area contributed by atoms with E-state index < -0.39 is 0 Å². The van der Waals surface area contributed by atoms with Crippen LogP contribution in [0.3, 0.4) is 0 Å². The van der Waals surface area contributed by atoms with E-state index in [4.69, 9.17) is 10.00 Å². The van der Waals surface area contributed by atoms with Crippen molar-refractivity contribution in [3.8, 4) is 23.3 Å². The molecular weight excluding hydrogens is 416 g/mol. The van der Waals surface area contributed by atoms with Gasteiger partial charge in [0.2, 0.25) is 0 Å². The Labute approximate surface area is 189 Å². The molecular formula is C25H20N6O2. The van der Waals surface area contributed by atoms with Crippen molar-refractivity contribution in [2.75, 3.05) is 0 Å². The number of hydrogen-bond acceptors (Lipinski definition) is 6. The molecule has 162 valence electrons. The van der Waals surface area contributed by atoms with Gasteiger partial charge in [0.25, 0.3) is 5.56 Å². The van der Waals surface area contributed by atoms with Crippen LogP contribution in [0.2, 0.25) is 0 Å². The molecule has 3 heterocycles. The van der Waals surface area contributed by atoms with Crippen LogP contribution in [0, 0.1) is 11.3 Å². The van der Waals surface area contributed by atoms with E-state index in [0.29, 0.717) is 23.5 Å². The lowest BCUT2D eigenvalue weighted by molar-refractivity contribution is 0.281. The van der Waals surface area contributed by atoms with Crippen molar-refractivity contribution in [2.45, 2.75) is 19.6 Å². The zero-order chi connectivity index (χ0) is 22.8. The van der Waals surface area contributed by atoms with Gasteiger partial charge < -0.3 is 9.30 Å². The first-order valence-corrected chi connectivity index (χ1v) is 10.5. The molecule has 0 unspecified atom stereocenters. The number of aromatic nitrogens is 5. The molecule has 0 spiro atoms. The van der Waals surface area contributed by atoms with E-state index in [2.05, 4.69) is 21.0 Å². The molecule has 0 N–H and O–H groups in total. The zero-order valence-electron chi connectivity index (χ0n) is 18.0. The van der Waals surface area contributed by atoms with Gasteiger partial charge in [-0.2, -0.15) is 10.2 Å². The van der Waals surface area contributed by atoms with Crippen LogP contribution in [-0.4, -0.2) is 24.1 Å². The van der Waals surface area contributed by atoms with Gasteiger partial charge in [-0.3, -0.25) is 9.36 Å². The fraction of sp³-hybridized carbons (Fsp3) is 0.160. The average Bonchev–Trinajstić information content (AvgIpc) is 3.19. The van der Waals surface area contributed by atoms with E-state index in [0.717, 1.165) is 22.0 Å². The lowest BCUT2D eigenvalue weighted by Crippen LogP contribution is -2.24. The summed E-state index contributed by atoms with van der Waals surface area (Å²) in [6.45, 7) is 0.498. The van der Waals surface area contributed by atoms with Crippen LogP contribution in [-0.2, 0) is 20.2 Å². The second-order valence-electron chi connectivity index (χ2n) is 7.63. The fourth-order valence-electron chi connectivity index (χ4n) is 3.89. The molecule has 33 heavy (non-hydrogen) atoms. The van der Waals surface area contributed by atoms with E-state index in [1.807, 2.05) is 72.4 Å². The first-order chi connectivity index (χ1) is 16.2. The molecule has 0 radical (unpaired) electrons. The number of aryl methyl sites for hydroxylation is 2. The van der Waals surface area contributed by atoms with Crippen LogP contribution < -0.4 is 10.3 Å². The number of para-hydroxylation sites is 1. The van der Waals surface area contributed by atoms with Crippen molar-refractivity contribution < 1.29 is 4.74 Å². The lowest BCUT2D eigenvalue weighted by atomic mass is 10.1. The van der Waals surface area contributed by atoms with Crippen LogP contribution in [0.15, 0.2) is 71.8 Å². The summed E-state index contributed by atoms with van der Waals surface area (Å²) in [6, 6.07) is 19.8. The largest absolute Gasteiger partial charge is 0.459 e. The molecule has 8 heteroatoms. The Morgan fingerprint density at radius 1 is 1.06 bits per heavy atom. The topological polar surface area (TPSA) is 98.6 Å². The maximum atomic E-state index is 13.5. The SMILES string of the molecule is Cn1cc(-c2nc3cnc(OCc4ccccc4)nc3n(CCC#N)c2=O)c2ccccc21. The third-order valence-corrected chi connectivity index (χ3v) is 5.47. The van der Waals surface area contributed by atoms with Crippen molar-refractivity contribution in [2.24, 2.45) is 7.05 Å². The van der Waals surface area contributed by atoms with E-state index >= 15 is 0 Å². The van der Waals surface area contributed by atoms with Crippen LogP contribution >= 0.6 is 0 Å². The number of nitrogens with zero attached hydrogens (tertiary/aromatic N) is 6. The zero-order valence-corrected chi connectivity index (χ0v) is 18.0. The quantitative estimate of drug-likeness (QED) is 0.401. The normalized spacial score (nSPS) is 11.0. The highest BCUT2D eigenvalue weighted by Gasteiger charge is 2.18. The summed E-state index contributed by atoms with van der Waals surface area (Å²) in [5.74, 6) is 0. The van der Waals surface area contributed by atoms with Crippen molar-refractivity contribution in [1.29, 1.82) is 5.26 Å². The summed E-state index contributed by atoms with van der Waals surface area (Å²) in [5.41, 5.74) is 3.52. The van der Waals surface area contributed by atoms with Crippen LogP contribution in [0.25, 0.3) is 33.3 Å². The van der Waals surface area contributed by atoms with Gasteiger partial charge >= 0.3 is 6.01 Å². The number of rotatable bonds is 6. The minimum Gasteiger partial charge on any atom is -0.459 e. The Kier molecular flexibility index (Phi) is 5.29. The first kappa shape index (κ1) is 20.4. The molecule has 0 saturated heterocycles. The van der Waals surface area contributed by atoms with Crippen LogP contribution in [0.1, 0.15) is 12.0 Å². The second kappa shape index (κ2) is 8.55. The van der Waals surface area contributed by atoms with Crippen molar-refractivity contribution >= 4 is 22.1 Å². The monoisotopic (exact) mass is 436 g/mol. The molecule has 0 fully saturated rings. The smallest absolute Gasteiger partial charge is 0.318 e. The van der Waals surface area contributed by atoms with Crippen molar-refractivity contribution in [3.05, 3.63) is 82.9 Å². The average molecular weight is 436 g/mol. The number of ether oxygens (including phenoxy) is 1. The molecule has 8 nitrogen and oxygen atoms in total. The molecule has 0 atom stereocenters. The highest BCUT2D eigenvalue weighted by Crippen LogP contribution is 2.28. The second-order valence-corrected chi connectivity index (χ2v) is 7.63. The molecule has 0 bridgehead atoms. The number of hydrogen-bond donors (Lipinski definition) is 0. The van der Waals surface area contributed by atoms with E-state index in [9.17, 15) is 4.79 Å². The number of benzene rings is 2. The molecule has 0 aliphatic heterocycles. The number of nitriles is 1.